The van der Waals surface area contributed by atoms with E-state index in [4.69, 9.17) is 21.1 Å². The molecular weight excluding hydrogens is 426 g/mol. The number of thioether (sulfide) groups is 1. The smallest absolute Gasteiger partial charge is 0.262 e. The van der Waals surface area contributed by atoms with Gasteiger partial charge < -0.3 is 14.8 Å². The van der Waals surface area contributed by atoms with Gasteiger partial charge in [0.2, 0.25) is 12.7 Å². The third-order valence-corrected chi connectivity index (χ3v) is 5.81. The number of nitrogens with zero attached hydrogens (tertiary/aromatic N) is 2. The fourth-order valence-electron chi connectivity index (χ4n) is 2.98. The molecule has 0 bridgehead atoms. The number of fused-ring (bicyclic) bond motifs is 2. The third kappa shape index (κ3) is 4.01. The molecule has 4 rings (SSSR count). The minimum absolute atomic E-state index is 0.165. The lowest BCUT2D eigenvalue weighted by atomic mass is 10.2. The number of amides is 1. The maximum absolute atomic E-state index is 12.9. The highest BCUT2D eigenvalue weighted by molar-refractivity contribution is 8.00. The van der Waals surface area contributed by atoms with Crippen LogP contribution < -0.4 is 20.3 Å². The van der Waals surface area contributed by atoms with E-state index < -0.39 is 5.25 Å². The third-order valence-electron chi connectivity index (χ3n) is 4.48. The van der Waals surface area contributed by atoms with E-state index in [9.17, 15) is 9.59 Å². The molecule has 1 aromatic heterocycles. The molecule has 1 N–H and O–H groups in total. The fraction of sp³-hybridized carbons (Fsp3) is 0.190. The number of allylic oxidation sites excluding steroid dienone is 1. The Morgan fingerprint density at radius 3 is 2.93 bits per heavy atom. The Morgan fingerprint density at radius 1 is 1.33 bits per heavy atom. The van der Waals surface area contributed by atoms with Crippen molar-refractivity contribution in [3.05, 3.63) is 64.4 Å². The molecule has 9 heteroatoms. The Hall–Kier alpha value is -2.97. The van der Waals surface area contributed by atoms with Gasteiger partial charge in [0.05, 0.1) is 16.2 Å². The van der Waals surface area contributed by atoms with E-state index in [0.29, 0.717) is 38.3 Å². The molecule has 0 aliphatic carbocycles. The van der Waals surface area contributed by atoms with E-state index in [0.717, 1.165) is 0 Å². The zero-order valence-electron chi connectivity index (χ0n) is 16.1. The van der Waals surface area contributed by atoms with Gasteiger partial charge in [-0.3, -0.25) is 14.2 Å². The summed E-state index contributed by atoms with van der Waals surface area (Å²) in [5, 5.41) is 3.66. The van der Waals surface area contributed by atoms with Crippen LogP contribution in [-0.2, 0) is 11.3 Å². The van der Waals surface area contributed by atoms with Gasteiger partial charge in [0, 0.05) is 23.3 Å². The van der Waals surface area contributed by atoms with Crippen molar-refractivity contribution in [2.75, 3.05) is 12.1 Å². The topological polar surface area (TPSA) is 82.5 Å². The first-order chi connectivity index (χ1) is 14.5. The standard InChI is InChI=1S/C21H18ClN3O4S/c1-3-8-25-20(27)15-9-13(22)4-6-16(15)24-21(25)30-12(2)19(26)23-14-5-7-17-18(10-14)29-11-28-17/h3-7,9-10,12H,1,8,11H2,2H3,(H,23,26)/t12-/m0/s1. The fourth-order valence-corrected chi connectivity index (χ4v) is 4.07. The highest BCUT2D eigenvalue weighted by Gasteiger charge is 2.21. The average Bonchev–Trinajstić information content (AvgIpc) is 3.19. The molecule has 0 radical (unpaired) electrons. The van der Waals surface area contributed by atoms with Crippen LogP contribution in [0.4, 0.5) is 5.69 Å². The first-order valence-corrected chi connectivity index (χ1v) is 10.4. The maximum atomic E-state index is 12.9. The van der Waals surface area contributed by atoms with Crippen LogP contribution in [0, 0.1) is 0 Å². The predicted molar refractivity (Wildman–Crippen MR) is 118 cm³/mol. The first kappa shape index (κ1) is 20.3. The highest BCUT2D eigenvalue weighted by atomic mass is 35.5. The second-order valence-corrected chi connectivity index (χ2v) is 8.32. The lowest BCUT2D eigenvalue weighted by molar-refractivity contribution is -0.115. The zero-order chi connectivity index (χ0) is 21.3. The van der Waals surface area contributed by atoms with E-state index in [-0.39, 0.29) is 24.8 Å². The quantitative estimate of drug-likeness (QED) is 0.351. The summed E-state index contributed by atoms with van der Waals surface area (Å²) in [6.07, 6.45) is 1.61. The van der Waals surface area contributed by atoms with E-state index in [2.05, 4.69) is 16.9 Å². The van der Waals surface area contributed by atoms with Crippen LogP contribution >= 0.6 is 23.4 Å². The molecule has 1 aliphatic heterocycles. The number of rotatable bonds is 6. The van der Waals surface area contributed by atoms with Crippen LogP contribution in [0.5, 0.6) is 11.5 Å². The van der Waals surface area contributed by atoms with E-state index in [1.807, 2.05) is 0 Å². The minimum Gasteiger partial charge on any atom is -0.454 e. The summed E-state index contributed by atoms with van der Waals surface area (Å²) in [6, 6.07) is 10.2. The van der Waals surface area contributed by atoms with Gasteiger partial charge in [-0.25, -0.2) is 4.98 Å². The van der Waals surface area contributed by atoms with E-state index in [1.165, 1.54) is 16.3 Å². The van der Waals surface area contributed by atoms with Crippen LogP contribution in [0.3, 0.4) is 0 Å². The van der Waals surface area contributed by atoms with E-state index in [1.54, 1.807) is 49.4 Å². The van der Waals surface area contributed by atoms with Gasteiger partial charge in [-0.1, -0.05) is 29.4 Å². The van der Waals surface area contributed by atoms with Gasteiger partial charge in [-0.15, -0.1) is 6.58 Å². The number of carbonyl (C=O) groups excluding carboxylic acids is 1. The molecule has 0 saturated carbocycles. The number of carbonyl (C=O) groups is 1. The predicted octanol–water partition coefficient (Wildman–Crippen LogP) is 4.08. The van der Waals surface area contributed by atoms with E-state index >= 15 is 0 Å². The minimum atomic E-state index is -0.511. The molecule has 2 heterocycles. The van der Waals surface area contributed by atoms with Crippen LogP contribution in [-0.4, -0.2) is 27.5 Å². The Balaban J connectivity index is 1.58. The van der Waals surface area contributed by atoms with Crippen molar-refractivity contribution in [2.24, 2.45) is 0 Å². The summed E-state index contributed by atoms with van der Waals surface area (Å²) in [4.78, 5) is 30.2. The Labute approximate surface area is 181 Å². The Kier molecular flexibility index (Phi) is 5.69. The van der Waals surface area contributed by atoms with Crippen molar-refractivity contribution in [3.8, 4) is 11.5 Å². The summed E-state index contributed by atoms with van der Waals surface area (Å²) in [6.45, 7) is 5.90. The Bertz CT molecular complexity index is 1210. The highest BCUT2D eigenvalue weighted by Crippen LogP contribution is 2.34. The second-order valence-electron chi connectivity index (χ2n) is 6.58. The number of hydrogen-bond acceptors (Lipinski definition) is 6. The SMILES string of the molecule is C=CCn1c(S[C@@H](C)C(=O)Nc2ccc3c(c2)OCO3)nc2ccc(Cl)cc2c1=O. The molecule has 0 spiro atoms. The molecule has 0 saturated heterocycles. The summed E-state index contributed by atoms with van der Waals surface area (Å²) in [5.41, 5.74) is 0.894. The van der Waals surface area contributed by atoms with Crippen molar-refractivity contribution >= 4 is 45.9 Å². The molecule has 3 aromatic rings. The lowest BCUT2D eigenvalue weighted by Gasteiger charge is -2.15. The van der Waals surface area contributed by atoms with Crippen molar-refractivity contribution in [1.29, 1.82) is 0 Å². The normalized spacial score (nSPS) is 13.3. The summed E-state index contributed by atoms with van der Waals surface area (Å²) < 4.78 is 12.1. The second kappa shape index (κ2) is 8.41. The van der Waals surface area contributed by atoms with Crippen LogP contribution in [0.1, 0.15) is 6.92 Å². The average molecular weight is 444 g/mol. The van der Waals surface area contributed by atoms with Crippen LogP contribution in [0.15, 0.2) is 59.0 Å². The van der Waals surface area contributed by atoms with Crippen LogP contribution in [0.25, 0.3) is 10.9 Å². The van der Waals surface area contributed by atoms with Gasteiger partial charge >= 0.3 is 0 Å². The molecule has 7 nitrogen and oxygen atoms in total. The van der Waals surface area contributed by atoms with Gasteiger partial charge in [0.1, 0.15) is 0 Å². The van der Waals surface area contributed by atoms with Crippen LogP contribution in [0.2, 0.25) is 5.02 Å². The first-order valence-electron chi connectivity index (χ1n) is 9.14. The molecule has 1 aliphatic rings. The summed E-state index contributed by atoms with van der Waals surface area (Å²) >= 11 is 7.23. The Morgan fingerprint density at radius 2 is 2.13 bits per heavy atom. The molecule has 1 atom stereocenters. The van der Waals surface area contributed by atoms with Crippen molar-refractivity contribution in [1.82, 2.24) is 9.55 Å². The number of halogens is 1. The zero-order valence-corrected chi connectivity index (χ0v) is 17.6. The number of nitrogens with one attached hydrogen (secondary N) is 1. The number of ether oxygens (including phenoxy) is 2. The van der Waals surface area contributed by atoms with Gasteiger partial charge in [-0.05, 0) is 37.3 Å². The van der Waals surface area contributed by atoms with Crippen molar-refractivity contribution in [3.63, 3.8) is 0 Å². The maximum Gasteiger partial charge on any atom is 0.262 e. The van der Waals surface area contributed by atoms with Gasteiger partial charge in [-0.2, -0.15) is 0 Å². The monoisotopic (exact) mass is 443 g/mol. The molecule has 154 valence electrons. The number of hydrogen-bond donors (Lipinski definition) is 1. The molecular formula is C21H18ClN3O4S. The molecule has 30 heavy (non-hydrogen) atoms. The summed E-state index contributed by atoms with van der Waals surface area (Å²) in [5.74, 6) is 1.00. The number of aromatic nitrogens is 2. The molecule has 2 aromatic carbocycles. The molecule has 0 unspecified atom stereocenters. The number of anilines is 1. The van der Waals surface area contributed by atoms with Crippen molar-refractivity contribution in [2.45, 2.75) is 23.9 Å². The largest absolute Gasteiger partial charge is 0.454 e. The molecule has 0 fully saturated rings. The molecule has 1 amide bonds. The summed E-state index contributed by atoms with van der Waals surface area (Å²) in [7, 11) is 0. The lowest BCUT2D eigenvalue weighted by Crippen LogP contribution is -2.26. The van der Waals surface area contributed by atoms with Crippen molar-refractivity contribution < 1.29 is 14.3 Å². The van der Waals surface area contributed by atoms with Gasteiger partial charge in [0.25, 0.3) is 5.56 Å². The number of benzene rings is 2. The van der Waals surface area contributed by atoms with Gasteiger partial charge in [0.15, 0.2) is 16.7 Å².